The van der Waals surface area contributed by atoms with E-state index in [2.05, 4.69) is 19.2 Å². The molecular formula is C12H24N2O. The van der Waals surface area contributed by atoms with Crippen LogP contribution in [0.5, 0.6) is 0 Å². The van der Waals surface area contributed by atoms with Gasteiger partial charge in [0.05, 0.1) is 0 Å². The quantitative estimate of drug-likeness (QED) is 0.677. The molecule has 15 heavy (non-hydrogen) atoms. The van der Waals surface area contributed by atoms with Gasteiger partial charge in [0, 0.05) is 19.5 Å². The van der Waals surface area contributed by atoms with Gasteiger partial charge in [0.1, 0.15) is 0 Å². The average Bonchev–Trinajstić information content (AvgIpc) is 2.14. The fraction of sp³-hybridized carbons (Fsp3) is 0.917. The van der Waals surface area contributed by atoms with Gasteiger partial charge in [-0.25, -0.2) is 0 Å². The Kier molecular flexibility index (Phi) is 5.09. The highest BCUT2D eigenvalue weighted by atomic mass is 16.2. The van der Waals surface area contributed by atoms with Gasteiger partial charge in [0.15, 0.2) is 0 Å². The molecule has 3 nitrogen and oxygen atoms in total. The summed E-state index contributed by atoms with van der Waals surface area (Å²) in [7, 11) is 1.93. The van der Waals surface area contributed by atoms with Crippen molar-refractivity contribution in [3.8, 4) is 0 Å². The first kappa shape index (κ1) is 12.5. The van der Waals surface area contributed by atoms with E-state index in [1.54, 1.807) is 0 Å². The van der Waals surface area contributed by atoms with E-state index in [-0.39, 0.29) is 5.92 Å². The van der Waals surface area contributed by atoms with E-state index in [1.807, 2.05) is 11.9 Å². The van der Waals surface area contributed by atoms with Crippen molar-refractivity contribution in [2.75, 3.05) is 26.7 Å². The molecule has 3 heteroatoms. The molecule has 88 valence electrons. The summed E-state index contributed by atoms with van der Waals surface area (Å²) >= 11 is 0. The zero-order chi connectivity index (χ0) is 11.3. The van der Waals surface area contributed by atoms with Crippen LogP contribution in [0.2, 0.25) is 0 Å². The van der Waals surface area contributed by atoms with Crippen LogP contribution in [0.15, 0.2) is 0 Å². The number of unbranched alkanes of at least 4 members (excludes halogenated alkanes) is 2. The van der Waals surface area contributed by atoms with E-state index >= 15 is 0 Å². The van der Waals surface area contributed by atoms with Gasteiger partial charge in [-0.1, -0.05) is 26.7 Å². The molecule has 1 heterocycles. The molecule has 1 atom stereocenters. The Morgan fingerprint density at radius 2 is 2.13 bits per heavy atom. The molecule has 0 bridgehead atoms. The molecule has 1 N–H and O–H groups in total. The minimum absolute atomic E-state index is 0.192. The lowest BCUT2D eigenvalue weighted by molar-refractivity contribution is -0.136. The third kappa shape index (κ3) is 3.49. The molecule has 0 aromatic heterocycles. The summed E-state index contributed by atoms with van der Waals surface area (Å²) in [5, 5.41) is 3.22. The van der Waals surface area contributed by atoms with Crippen molar-refractivity contribution in [2.24, 2.45) is 11.8 Å². The standard InChI is InChI=1S/C12H24N2O/c1-4-5-6-7-14(3)12(15)10(2)11-8-13-9-11/h10-11,13H,4-9H2,1-3H3. The molecule has 0 saturated carbocycles. The molecule has 0 radical (unpaired) electrons. The topological polar surface area (TPSA) is 32.3 Å². The number of hydrogen-bond donors (Lipinski definition) is 1. The summed E-state index contributed by atoms with van der Waals surface area (Å²) in [6, 6.07) is 0. The molecule has 0 aliphatic carbocycles. The average molecular weight is 212 g/mol. The fourth-order valence-corrected chi connectivity index (χ4v) is 1.92. The Morgan fingerprint density at radius 3 is 2.60 bits per heavy atom. The number of amides is 1. The van der Waals surface area contributed by atoms with Crippen molar-refractivity contribution in [2.45, 2.75) is 33.1 Å². The van der Waals surface area contributed by atoms with Crippen molar-refractivity contribution in [3.05, 3.63) is 0 Å². The van der Waals surface area contributed by atoms with E-state index in [0.29, 0.717) is 11.8 Å². The molecule has 1 unspecified atom stereocenters. The first-order valence-corrected chi connectivity index (χ1v) is 6.12. The summed E-state index contributed by atoms with van der Waals surface area (Å²) in [6.45, 7) is 7.18. The Morgan fingerprint density at radius 1 is 1.47 bits per heavy atom. The maximum absolute atomic E-state index is 12.0. The van der Waals surface area contributed by atoms with Gasteiger partial charge in [-0.15, -0.1) is 0 Å². The highest BCUT2D eigenvalue weighted by molar-refractivity contribution is 5.78. The molecule has 0 aromatic carbocycles. The van der Waals surface area contributed by atoms with E-state index in [1.165, 1.54) is 12.8 Å². The van der Waals surface area contributed by atoms with Crippen molar-refractivity contribution in [1.29, 1.82) is 0 Å². The van der Waals surface area contributed by atoms with Crippen LogP contribution in [-0.2, 0) is 4.79 Å². The minimum atomic E-state index is 0.192. The summed E-state index contributed by atoms with van der Waals surface area (Å²) < 4.78 is 0. The lowest BCUT2D eigenvalue weighted by Gasteiger charge is -2.34. The lowest BCUT2D eigenvalue weighted by Crippen LogP contribution is -2.50. The van der Waals surface area contributed by atoms with Crippen LogP contribution >= 0.6 is 0 Å². The molecule has 1 amide bonds. The summed E-state index contributed by atoms with van der Waals surface area (Å²) in [6.07, 6.45) is 3.56. The van der Waals surface area contributed by atoms with Crippen LogP contribution in [0.4, 0.5) is 0 Å². The van der Waals surface area contributed by atoms with Crippen LogP contribution in [0.3, 0.4) is 0 Å². The van der Waals surface area contributed by atoms with Crippen LogP contribution in [-0.4, -0.2) is 37.5 Å². The molecule has 1 aliphatic heterocycles. The number of carbonyl (C=O) groups is 1. The van der Waals surface area contributed by atoms with Crippen molar-refractivity contribution in [3.63, 3.8) is 0 Å². The molecule has 1 rings (SSSR count). The summed E-state index contributed by atoms with van der Waals surface area (Å²) in [5.41, 5.74) is 0. The van der Waals surface area contributed by atoms with Gasteiger partial charge in [-0.3, -0.25) is 4.79 Å². The van der Waals surface area contributed by atoms with Gasteiger partial charge >= 0.3 is 0 Å². The maximum atomic E-state index is 12.0. The van der Waals surface area contributed by atoms with Crippen LogP contribution in [0.1, 0.15) is 33.1 Å². The molecule has 1 saturated heterocycles. The van der Waals surface area contributed by atoms with Gasteiger partial charge in [-0.05, 0) is 25.4 Å². The third-order valence-corrected chi connectivity index (χ3v) is 3.38. The highest BCUT2D eigenvalue weighted by Gasteiger charge is 2.30. The first-order valence-electron chi connectivity index (χ1n) is 6.12. The van der Waals surface area contributed by atoms with Gasteiger partial charge in [0.2, 0.25) is 5.91 Å². The van der Waals surface area contributed by atoms with Crippen molar-refractivity contribution in [1.82, 2.24) is 10.2 Å². The largest absolute Gasteiger partial charge is 0.346 e. The van der Waals surface area contributed by atoms with E-state index in [0.717, 1.165) is 26.1 Å². The van der Waals surface area contributed by atoms with E-state index in [4.69, 9.17) is 0 Å². The third-order valence-electron chi connectivity index (χ3n) is 3.38. The fourth-order valence-electron chi connectivity index (χ4n) is 1.92. The smallest absolute Gasteiger partial charge is 0.225 e. The zero-order valence-electron chi connectivity index (χ0n) is 10.3. The van der Waals surface area contributed by atoms with E-state index in [9.17, 15) is 4.79 Å². The van der Waals surface area contributed by atoms with Crippen LogP contribution in [0, 0.1) is 11.8 Å². The monoisotopic (exact) mass is 212 g/mol. The van der Waals surface area contributed by atoms with Gasteiger partial charge in [0.25, 0.3) is 0 Å². The molecular weight excluding hydrogens is 188 g/mol. The lowest BCUT2D eigenvalue weighted by atomic mass is 9.88. The number of carbonyl (C=O) groups excluding carboxylic acids is 1. The van der Waals surface area contributed by atoms with Crippen LogP contribution in [0.25, 0.3) is 0 Å². The number of nitrogens with zero attached hydrogens (tertiary/aromatic N) is 1. The molecule has 1 fully saturated rings. The number of rotatable bonds is 6. The molecule has 0 spiro atoms. The molecule has 0 aromatic rings. The van der Waals surface area contributed by atoms with Crippen molar-refractivity contribution >= 4 is 5.91 Å². The van der Waals surface area contributed by atoms with Gasteiger partial charge < -0.3 is 10.2 Å². The summed E-state index contributed by atoms with van der Waals surface area (Å²) in [5.74, 6) is 1.07. The summed E-state index contributed by atoms with van der Waals surface area (Å²) in [4.78, 5) is 13.9. The Labute approximate surface area is 93.2 Å². The highest BCUT2D eigenvalue weighted by Crippen LogP contribution is 2.18. The Balaban J connectivity index is 2.24. The Hall–Kier alpha value is -0.570. The minimum Gasteiger partial charge on any atom is -0.346 e. The first-order chi connectivity index (χ1) is 7.16. The molecule has 1 aliphatic rings. The SMILES string of the molecule is CCCCCN(C)C(=O)C(C)C1CNC1. The second kappa shape index (κ2) is 6.11. The number of nitrogens with one attached hydrogen (secondary N) is 1. The number of hydrogen-bond acceptors (Lipinski definition) is 2. The van der Waals surface area contributed by atoms with Gasteiger partial charge in [-0.2, -0.15) is 0 Å². The second-order valence-corrected chi connectivity index (χ2v) is 4.67. The zero-order valence-corrected chi connectivity index (χ0v) is 10.3. The predicted octanol–water partition coefficient (Wildman–Crippen LogP) is 1.49. The Bertz CT molecular complexity index is 202. The van der Waals surface area contributed by atoms with Crippen LogP contribution < -0.4 is 5.32 Å². The van der Waals surface area contributed by atoms with E-state index < -0.39 is 0 Å². The normalized spacial score (nSPS) is 18.3. The predicted molar refractivity (Wildman–Crippen MR) is 62.7 cm³/mol. The second-order valence-electron chi connectivity index (χ2n) is 4.67. The maximum Gasteiger partial charge on any atom is 0.225 e. The van der Waals surface area contributed by atoms with Crippen molar-refractivity contribution < 1.29 is 4.79 Å².